The summed E-state index contributed by atoms with van der Waals surface area (Å²) in [5, 5.41) is 19.8. The molecule has 4 N–H and O–H groups in total. The maximum atomic E-state index is 10.9. The predicted octanol–water partition coefficient (Wildman–Crippen LogP) is -1.11. The van der Waals surface area contributed by atoms with Crippen LogP contribution in [0.5, 0.6) is 0 Å². The van der Waals surface area contributed by atoms with Crippen LogP contribution in [0, 0.1) is 5.92 Å². The molecule has 19 heavy (non-hydrogen) atoms. The van der Waals surface area contributed by atoms with Crippen molar-refractivity contribution in [3.63, 3.8) is 0 Å². The summed E-state index contributed by atoms with van der Waals surface area (Å²) in [6.45, 7) is 0. The molecule has 2 heterocycles. The second kappa shape index (κ2) is 4.25. The molecule has 0 saturated heterocycles. The molecule has 1 fully saturated rings. The molecule has 1 aliphatic rings. The van der Waals surface area contributed by atoms with Gasteiger partial charge in [0.15, 0.2) is 11.5 Å². The highest BCUT2D eigenvalue weighted by Crippen LogP contribution is 2.35. The minimum Gasteiger partial charge on any atom is -0.390 e. The van der Waals surface area contributed by atoms with E-state index in [2.05, 4.69) is 15.0 Å². The van der Waals surface area contributed by atoms with E-state index >= 15 is 0 Å². The summed E-state index contributed by atoms with van der Waals surface area (Å²) in [5.41, 5.74) is 6.61. The maximum absolute atomic E-state index is 10.9. The van der Waals surface area contributed by atoms with Crippen molar-refractivity contribution >= 4 is 23.3 Å². The molecule has 0 spiro atoms. The van der Waals surface area contributed by atoms with Crippen molar-refractivity contribution in [2.45, 2.75) is 24.7 Å². The zero-order valence-corrected chi connectivity index (χ0v) is 9.92. The lowest BCUT2D eigenvalue weighted by atomic mass is 10.1. The number of imidazole rings is 1. The van der Waals surface area contributed by atoms with Gasteiger partial charge in [-0.1, -0.05) is 0 Å². The lowest BCUT2D eigenvalue weighted by Crippen LogP contribution is -2.29. The minimum absolute atomic E-state index is 0.253. The number of aldehydes is 1. The number of nitrogen functional groups attached to an aromatic ring is 1. The van der Waals surface area contributed by atoms with E-state index in [4.69, 9.17) is 5.73 Å². The summed E-state index contributed by atoms with van der Waals surface area (Å²) in [6.07, 6.45) is 1.69. The number of nitrogens with zero attached hydrogens (tertiary/aromatic N) is 4. The molecule has 8 heteroatoms. The molecule has 3 rings (SSSR count). The molecule has 2 aromatic heterocycles. The molecule has 0 aromatic carbocycles. The fraction of sp³-hybridized carbons (Fsp3) is 0.455. The molecule has 8 nitrogen and oxygen atoms in total. The second-order valence-corrected chi connectivity index (χ2v) is 4.67. The van der Waals surface area contributed by atoms with Crippen LogP contribution in [0.4, 0.5) is 5.82 Å². The van der Waals surface area contributed by atoms with Crippen LogP contribution < -0.4 is 5.73 Å². The topological polar surface area (TPSA) is 127 Å². The first-order valence-electron chi connectivity index (χ1n) is 5.88. The number of hydrogen-bond donors (Lipinski definition) is 3. The number of carbonyl (C=O) groups is 1. The van der Waals surface area contributed by atoms with E-state index in [-0.39, 0.29) is 5.82 Å². The number of aromatic nitrogens is 4. The zero-order valence-electron chi connectivity index (χ0n) is 9.92. The Morgan fingerprint density at radius 1 is 1.32 bits per heavy atom. The molecule has 1 aliphatic carbocycles. The summed E-state index contributed by atoms with van der Waals surface area (Å²) in [4.78, 5) is 22.9. The Morgan fingerprint density at radius 3 is 2.79 bits per heavy atom. The average molecular weight is 263 g/mol. The number of hydrogen-bond acceptors (Lipinski definition) is 7. The van der Waals surface area contributed by atoms with Crippen LogP contribution in [-0.2, 0) is 4.79 Å². The first kappa shape index (κ1) is 12.0. The molecule has 0 unspecified atom stereocenters. The highest BCUT2D eigenvalue weighted by molar-refractivity contribution is 5.81. The van der Waals surface area contributed by atoms with Crippen LogP contribution in [0.3, 0.4) is 0 Å². The van der Waals surface area contributed by atoms with Crippen molar-refractivity contribution < 1.29 is 15.0 Å². The Hall–Kier alpha value is -2.06. The maximum Gasteiger partial charge on any atom is 0.165 e. The highest BCUT2D eigenvalue weighted by atomic mass is 16.3. The summed E-state index contributed by atoms with van der Waals surface area (Å²) in [7, 11) is 0. The van der Waals surface area contributed by atoms with Crippen LogP contribution in [0.15, 0.2) is 12.7 Å². The first-order chi connectivity index (χ1) is 9.13. The van der Waals surface area contributed by atoms with Crippen LogP contribution >= 0.6 is 0 Å². The molecular formula is C11H13N5O3. The van der Waals surface area contributed by atoms with Gasteiger partial charge in [-0.3, -0.25) is 0 Å². The van der Waals surface area contributed by atoms with Gasteiger partial charge in [0, 0.05) is 5.92 Å². The van der Waals surface area contributed by atoms with Crippen LogP contribution in [0.25, 0.3) is 11.2 Å². The number of aliphatic hydroxyl groups excluding tert-OH is 2. The second-order valence-electron chi connectivity index (χ2n) is 4.67. The summed E-state index contributed by atoms with van der Waals surface area (Å²) in [6, 6.07) is -0.454. The summed E-state index contributed by atoms with van der Waals surface area (Å²) >= 11 is 0. The standard InChI is InChI=1S/C11H13N5O3/c12-10-7-11(14-3-13-10)16(4-15-7)6-1-5(2-17)8(18)9(6)19/h2-6,8-9,18-19H,1H2,(H2,12,13,14)/t5-,6+,8+,9-/m0/s1. The first-order valence-corrected chi connectivity index (χ1v) is 5.88. The molecule has 0 radical (unpaired) electrons. The van der Waals surface area contributed by atoms with Crippen molar-refractivity contribution in [3.05, 3.63) is 12.7 Å². The fourth-order valence-electron chi connectivity index (χ4n) is 2.57. The Bertz CT molecular complexity index is 628. The molecule has 0 bridgehead atoms. The summed E-state index contributed by atoms with van der Waals surface area (Å²) in [5.74, 6) is -0.333. The number of anilines is 1. The predicted molar refractivity (Wildman–Crippen MR) is 65.0 cm³/mol. The van der Waals surface area contributed by atoms with E-state index in [1.807, 2.05) is 0 Å². The third-order valence-electron chi connectivity index (χ3n) is 3.62. The minimum atomic E-state index is -1.07. The third-order valence-corrected chi connectivity index (χ3v) is 3.62. The Labute approximate surface area is 107 Å². The molecular weight excluding hydrogens is 250 g/mol. The van der Waals surface area contributed by atoms with E-state index in [1.54, 1.807) is 4.57 Å². The van der Waals surface area contributed by atoms with Gasteiger partial charge in [-0.05, 0) is 6.42 Å². The van der Waals surface area contributed by atoms with Crippen LogP contribution in [0.2, 0.25) is 0 Å². The van der Waals surface area contributed by atoms with E-state index in [0.717, 1.165) is 0 Å². The van der Waals surface area contributed by atoms with Crippen molar-refractivity contribution in [2.75, 3.05) is 5.73 Å². The number of carbonyl (C=O) groups excluding carboxylic acids is 1. The van der Waals surface area contributed by atoms with Gasteiger partial charge >= 0.3 is 0 Å². The number of nitrogens with two attached hydrogens (primary N) is 1. The Balaban J connectivity index is 2.06. The largest absolute Gasteiger partial charge is 0.390 e. The van der Waals surface area contributed by atoms with E-state index < -0.39 is 24.2 Å². The zero-order chi connectivity index (χ0) is 13.6. The highest BCUT2D eigenvalue weighted by Gasteiger charge is 2.42. The van der Waals surface area contributed by atoms with Gasteiger partial charge in [0.25, 0.3) is 0 Å². The number of rotatable bonds is 2. The molecule has 2 aromatic rings. The van der Waals surface area contributed by atoms with Crippen LogP contribution in [-0.4, -0.2) is 48.2 Å². The SMILES string of the molecule is Nc1ncnc2c1ncn2[C@@H]1C[C@@H](C=O)[C@@H](O)[C@H]1O. The molecule has 100 valence electrons. The smallest absolute Gasteiger partial charge is 0.165 e. The lowest BCUT2D eigenvalue weighted by Gasteiger charge is -2.17. The van der Waals surface area contributed by atoms with Crippen molar-refractivity contribution in [1.29, 1.82) is 0 Å². The van der Waals surface area contributed by atoms with E-state index in [0.29, 0.717) is 23.9 Å². The fourth-order valence-corrected chi connectivity index (χ4v) is 2.57. The average Bonchev–Trinajstić information content (AvgIpc) is 2.94. The van der Waals surface area contributed by atoms with Crippen molar-refractivity contribution in [2.24, 2.45) is 5.92 Å². The third kappa shape index (κ3) is 1.68. The molecule has 0 amide bonds. The van der Waals surface area contributed by atoms with Crippen LogP contribution in [0.1, 0.15) is 12.5 Å². The quantitative estimate of drug-likeness (QED) is 0.586. The molecule has 1 saturated carbocycles. The summed E-state index contributed by atoms with van der Waals surface area (Å²) < 4.78 is 1.63. The van der Waals surface area contributed by atoms with E-state index in [1.165, 1.54) is 12.7 Å². The lowest BCUT2D eigenvalue weighted by molar-refractivity contribution is -0.114. The number of fused-ring (bicyclic) bond motifs is 1. The van der Waals surface area contributed by atoms with Gasteiger partial charge in [-0.15, -0.1) is 0 Å². The van der Waals surface area contributed by atoms with Gasteiger partial charge in [0.1, 0.15) is 24.2 Å². The van der Waals surface area contributed by atoms with Gasteiger partial charge in [0.2, 0.25) is 0 Å². The van der Waals surface area contributed by atoms with Gasteiger partial charge < -0.3 is 25.3 Å². The monoisotopic (exact) mass is 263 g/mol. The van der Waals surface area contributed by atoms with Crippen molar-refractivity contribution in [1.82, 2.24) is 19.5 Å². The molecule has 0 aliphatic heterocycles. The van der Waals surface area contributed by atoms with E-state index in [9.17, 15) is 15.0 Å². The normalized spacial score (nSPS) is 30.8. The van der Waals surface area contributed by atoms with Crippen molar-refractivity contribution in [3.8, 4) is 0 Å². The van der Waals surface area contributed by atoms with Gasteiger partial charge in [-0.2, -0.15) is 0 Å². The Kier molecular flexibility index (Phi) is 2.68. The molecule has 4 atom stereocenters. The Morgan fingerprint density at radius 2 is 2.11 bits per heavy atom. The number of aliphatic hydroxyl groups is 2. The van der Waals surface area contributed by atoms with Gasteiger partial charge in [0.05, 0.1) is 18.5 Å². The van der Waals surface area contributed by atoms with Gasteiger partial charge in [-0.25, -0.2) is 15.0 Å².